The molecule has 1 aromatic heterocycles. The molecule has 0 amide bonds. The molecule has 0 radical (unpaired) electrons. The molecule has 2 rings (SSSR count). The van der Waals surface area contributed by atoms with Crippen molar-refractivity contribution in [1.82, 2.24) is 9.97 Å². The van der Waals surface area contributed by atoms with Crippen LogP contribution >= 0.6 is 15.9 Å². The van der Waals surface area contributed by atoms with Crippen LogP contribution in [0.3, 0.4) is 0 Å². The molecular weight excluding hydrogens is 277 g/mol. The lowest BCUT2D eigenvalue weighted by molar-refractivity contribution is 0.454. The summed E-state index contributed by atoms with van der Waals surface area (Å²) in [6.45, 7) is 0. The monoisotopic (exact) mass is 283 g/mol. The molecule has 2 N–H and O–H groups in total. The van der Waals surface area contributed by atoms with Gasteiger partial charge in [-0.1, -0.05) is 0 Å². The third-order valence-corrected chi connectivity index (χ3v) is 2.43. The zero-order chi connectivity index (χ0) is 11.5. The van der Waals surface area contributed by atoms with Crippen molar-refractivity contribution in [3.05, 3.63) is 40.9 Å². The number of nitrogens with zero attached hydrogens (tertiary/aromatic N) is 2. The molecule has 0 aliphatic rings. The fourth-order valence-electron chi connectivity index (χ4n) is 1.08. The molecule has 0 saturated carbocycles. The van der Waals surface area contributed by atoms with Gasteiger partial charge in [0.25, 0.3) is 0 Å². The Labute approximate surface area is 99.4 Å². The van der Waals surface area contributed by atoms with Crippen molar-refractivity contribution in [3.8, 4) is 11.6 Å². The highest BCUT2D eigenvalue weighted by molar-refractivity contribution is 9.10. The van der Waals surface area contributed by atoms with Gasteiger partial charge in [-0.2, -0.15) is 0 Å². The standard InChI is InChI=1S/C10H7BrFN3O/c11-7-2-1-6(12)3-8(7)16-10-4-9(13)14-5-15-10/h1-5H,(H2,13,14,15). The second-order valence-electron chi connectivity index (χ2n) is 2.96. The topological polar surface area (TPSA) is 61.0 Å². The SMILES string of the molecule is Nc1cc(Oc2cc(F)ccc2Br)ncn1. The summed E-state index contributed by atoms with van der Waals surface area (Å²) in [4.78, 5) is 7.57. The molecule has 0 atom stereocenters. The Morgan fingerprint density at radius 2 is 2.06 bits per heavy atom. The van der Waals surface area contributed by atoms with Crippen LogP contribution < -0.4 is 10.5 Å². The Kier molecular flexibility index (Phi) is 3.00. The summed E-state index contributed by atoms with van der Waals surface area (Å²) in [6, 6.07) is 5.58. The van der Waals surface area contributed by atoms with Crippen LogP contribution in [0.4, 0.5) is 10.2 Å². The summed E-state index contributed by atoms with van der Waals surface area (Å²) in [5.74, 6) is 0.495. The van der Waals surface area contributed by atoms with Gasteiger partial charge < -0.3 is 10.5 Å². The fourth-order valence-corrected chi connectivity index (χ4v) is 1.40. The van der Waals surface area contributed by atoms with Gasteiger partial charge >= 0.3 is 0 Å². The zero-order valence-electron chi connectivity index (χ0n) is 8.02. The predicted octanol–water partition coefficient (Wildman–Crippen LogP) is 2.75. The molecule has 1 heterocycles. The Morgan fingerprint density at radius 1 is 1.25 bits per heavy atom. The van der Waals surface area contributed by atoms with Crippen LogP contribution in [-0.2, 0) is 0 Å². The third-order valence-electron chi connectivity index (χ3n) is 1.77. The molecule has 6 heteroatoms. The summed E-state index contributed by atoms with van der Waals surface area (Å²) in [5, 5.41) is 0. The number of hydrogen-bond acceptors (Lipinski definition) is 4. The summed E-state index contributed by atoms with van der Waals surface area (Å²) in [5.41, 5.74) is 5.46. The Balaban J connectivity index is 2.30. The van der Waals surface area contributed by atoms with Gasteiger partial charge in [-0.25, -0.2) is 14.4 Å². The molecular formula is C10H7BrFN3O. The molecule has 16 heavy (non-hydrogen) atoms. The van der Waals surface area contributed by atoms with Crippen LogP contribution in [0.15, 0.2) is 35.1 Å². The van der Waals surface area contributed by atoms with E-state index in [1.165, 1.54) is 24.5 Å². The average molecular weight is 284 g/mol. The van der Waals surface area contributed by atoms with Crippen LogP contribution in [0.25, 0.3) is 0 Å². The normalized spacial score (nSPS) is 10.1. The van der Waals surface area contributed by atoms with E-state index < -0.39 is 0 Å². The summed E-state index contributed by atoms with van der Waals surface area (Å²) < 4.78 is 19.0. The number of ether oxygens (including phenoxy) is 1. The van der Waals surface area contributed by atoms with Crippen molar-refractivity contribution < 1.29 is 9.13 Å². The van der Waals surface area contributed by atoms with E-state index in [2.05, 4.69) is 25.9 Å². The zero-order valence-corrected chi connectivity index (χ0v) is 9.61. The van der Waals surface area contributed by atoms with E-state index in [4.69, 9.17) is 10.5 Å². The van der Waals surface area contributed by atoms with Crippen molar-refractivity contribution >= 4 is 21.7 Å². The maximum Gasteiger partial charge on any atom is 0.224 e. The first-order chi connectivity index (χ1) is 7.65. The minimum absolute atomic E-state index is 0.263. The van der Waals surface area contributed by atoms with Gasteiger partial charge in [0.1, 0.15) is 23.7 Å². The van der Waals surface area contributed by atoms with Crippen molar-refractivity contribution in [2.75, 3.05) is 5.73 Å². The van der Waals surface area contributed by atoms with Gasteiger partial charge in [0.2, 0.25) is 5.88 Å². The number of rotatable bonds is 2. The molecule has 0 fully saturated rings. The average Bonchev–Trinajstić information content (AvgIpc) is 2.24. The molecule has 1 aromatic carbocycles. The third kappa shape index (κ3) is 2.46. The van der Waals surface area contributed by atoms with Crippen LogP contribution in [0, 0.1) is 5.82 Å². The second kappa shape index (κ2) is 4.44. The van der Waals surface area contributed by atoms with Crippen molar-refractivity contribution in [2.24, 2.45) is 0 Å². The lowest BCUT2D eigenvalue weighted by atomic mass is 10.3. The molecule has 0 saturated heterocycles. The van der Waals surface area contributed by atoms with E-state index >= 15 is 0 Å². The summed E-state index contributed by atoms with van der Waals surface area (Å²) in [6.07, 6.45) is 1.28. The van der Waals surface area contributed by atoms with E-state index in [-0.39, 0.29) is 17.5 Å². The van der Waals surface area contributed by atoms with Gasteiger partial charge in [-0.05, 0) is 28.1 Å². The van der Waals surface area contributed by atoms with E-state index in [1.54, 1.807) is 6.07 Å². The number of anilines is 1. The highest BCUT2D eigenvalue weighted by atomic mass is 79.9. The molecule has 0 bridgehead atoms. The Hall–Kier alpha value is -1.69. The predicted molar refractivity (Wildman–Crippen MR) is 60.6 cm³/mol. The quantitative estimate of drug-likeness (QED) is 0.921. The van der Waals surface area contributed by atoms with Gasteiger partial charge in [-0.3, -0.25) is 0 Å². The van der Waals surface area contributed by atoms with Gasteiger partial charge in [0.15, 0.2) is 0 Å². The Bertz CT molecular complexity index is 521. The lowest BCUT2D eigenvalue weighted by Crippen LogP contribution is -1.94. The van der Waals surface area contributed by atoms with E-state index in [0.717, 1.165) is 0 Å². The molecule has 0 aliphatic carbocycles. The first-order valence-corrected chi connectivity index (χ1v) is 5.15. The molecule has 4 nitrogen and oxygen atoms in total. The van der Waals surface area contributed by atoms with Gasteiger partial charge in [0.05, 0.1) is 4.47 Å². The highest BCUT2D eigenvalue weighted by Gasteiger charge is 2.05. The number of benzene rings is 1. The maximum atomic E-state index is 13.0. The molecule has 0 aliphatic heterocycles. The van der Waals surface area contributed by atoms with Gasteiger partial charge in [0, 0.05) is 12.1 Å². The van der Waals surface area contributed by atoms with Crippen molar-refractivity contribution in [1.29, 1.82) is 0 Å². The van der Waals surface area contributed by atoms with Crippen LogP contribution in [0.2, 0.25) is 0 Å². The van der Waals surface area contributed by atoms with Crippen LogP contribution in [-0.4, -0.2) is 9.97 Å². The molecule has 2 aromatic rings. The maximum absolute atomic E-state index is 13.0. The van der Waals surface area contributed by atoms with Crippen molar-refractivity contribution in [3.63, 3.8) is 0 Å². The summed E-state index contributed by atoms with van der Waals surface area (Å²) >= 11 is 3.24. The number of nitrogens with two attached hydrogens (primary N) is 1. The highest BCUT2D eigenvalue weighted by Crippen LogP contribution is 2.29. The number of nitrogen functional groups attached to an aromatic ring is 1. The number of halogens is 2. The number of aromatic nitrogens is 2. The Morgan fingerprint density at radius 3 is 2.81 bits per heavy atom. The molecule has 0 unspecified atom stereocenters. The van der Waals surface area contributed by atoms with Crippen LogP contribution in [0.1, 0.15) is 0 Å². The van der Waals surface area contributed by atoms with E-state index in [1.807, 2.05) is 0 Å². The van der Waals surface area contributed by atoms with Gasteiger partial charge in [-0.15, -0.1) is 0 Å². The lowest BCUT2D eigenvalue weighted by Gasteiger charge is -2.06. The van der Waals surface area contributed by atoms with E-state index in [9.17, 15) is 4.39 Å². The van der Waals surface area contributed by atoms with Crippen molar-refractivity contribution in [2.45, 2.75) is 0 Å². The first kappa shape index (κ1) is 10.8. The fraction of sp³-hybridized carbons (Fsp3) is 0. The minimum atomic E-state index is -0.389. The summed E-state index contributed by atoms with van der Waals surface area (Å²) in [7, 11) is 0. The first-order valence-electron chi connectivity index (χ1n) is 4.35. The largest absolute Gasteiger partial charge is 0.438 e. The number of hydrogen-bond donors (Lipinski definition) is 1. The molecule has 82 valence electrons. The smallest absolute Gasteiger partial charge is 0.224 e. The van der Waals surface area contributed by atoms with E-state index in [0.29, 0.717) is 10.2 Å². The molecule has 0 spiro atoms. The minimum Gasteiger partial charge on any atom is -0.438 e. The van der Waals surface area contributed by atoms with Crippen LogP contribution in [0.5, 0.6) is 11.6 Å². The second-order valence-corrected chi connectivity index (χ2v) is 3.81.